The van der Waals surface area contributed by atoms with Gasteiger partial charge in [-0.2, -0.15) is 0 Å². The molecule has 0 aliphatic heterocycles. The second-order valence-corrected chi connectivity index (χ2v) is 4.16. The van der Waals surface area contributed by atoms with E-state index in [4.69, 9.17) is 11.6 Å². The van der Waals surface area contributed by atoms with Gasteiger partial charge in [-0.15, -0.1) is 0 Å². The maximum absolute atomic E-state index is 6.11. The van der Waals surface area contributed by atoms with Crippen LogP contribution in [0.25, 0.3) is 0 Å². The van der Waals surface area contributed by atoms with Crippen LogP contribution < -0.4 is 0 Å². The maximum atomic E-state index is 6.11. The first-order valence-corrected chi connectivity index (χ1v) is 5.23. The van der Waals surface area contributed by atoms with Crippen molar-refractivity contribution in [3.63, 3.8) is 0 Å². The summed E-state index contributed by atoms with van der Waals surface area (Å²) in [4.78, 5) is 0. The van der Waals surface area contributed by atoms with Crippen molar-refractivity contribution >= 4 is 11.6 Å². The molecule has 0 unspecified atom stereocenters. The minimum atomic E-state index is 0.586. The summed E-state index contributed by atoms with van der Waals surface area (Å²) in [5.41, 5.74) is 4.08. The lowest BCUT2D eigenvalue weighted by molar-refractivity contribution is 0.850. The maximum Gasteiger partial charge on any atom is 0.0440 e. The fourth-order valence-electron chi connectivity index (χ4n) is 1.80. The monoisotopic (exact) mass is 196 g/mol. The highest BCUT2D eigenvalue weighted by molar-refractivity contribution is 6.31. The van der Waals surface area contributed by atoms with Gasteiger partial charge in [-0.05, 0) is 42.0 Å². The molecule has 0 aromatic heterocycles. The molecule has 1 heteroatoms. The van der Waals surface area contributed by atoms with E-state index < -0.39 is 0 Å². The van der Waals surface area contributed by atoms with Crippen LogP contribution in [-0.2, 0) is 6.42 Å². The predicted molar refractivity (Wildman–Crippen MR) is 59.7 cm³/mol. The first-order chi connectivity index (χ1) is 6.07. The molecule has 0 heterocycles. The quantitative estimate of drug-likeness (QED) is 0.661. The molecule has 72 valence electrons. The molecule has 1 aromatic rings. The van der Waals surface area contributed by atoms with Gasteiger partial charge < -0.3 is 0 Å². The van der Waals surface area contributed by atoms with Crippen molar-refractivity contribution in [1.29, 1.82) is 0 Å². The van der Waals surface area contributed by atoms with Crippen molar-refractivity contribution in [2.45, 2.75) is 40.0 Å². The third-order valence-corrected chi connectivity index (χ3v) is 2.91. The van der Waals surface area contributed by atoms with E-state index in [1.807, 2.05) is 6.07 Å². The Morgan fingerprint density at radius 3 is 2.38 bits per heavy atom. The molecule has 0 fully saturated rings. The predicted octanol–water partition coefficient (Wildman–Crippen LogP) is 4.33. The summed E-state index contributed by atoms with van der Waals surface area (Å²) in [5.74, 6) is 0.586. The molecule has 1 aromatic carbocycles. The Bertz CT molecular complexity index is 300. The van der Waals surface area contributed by atoms with Crippen molar-refractivity contribution in [3.8, 4) is 0 Å². The zero-order chi connectivity index (χ0) is 10.0. The van der Waals surface area contributed by atoms with E-state index in [0.717, 1.165) is 11.4 Å². The van der Waals surface area contributed by atoms with Gasteiger partial charge in [-0.25, -0.2) is 0 Å². The molecular formula is C12H17Cl. The first-order valence-electron chi connectivity index (χ1n) is 4.85. The smallest absolute Gasteiger partial charge is 0.0440 e. The summed E-state index contributed by atoms with van der Waals surface area (Å²) in [6.45, 7) is 8.75. The SMILES string of the molecule is CCc1c(Cl)ccc(C(C)C)c1C. The van der Waals surface area contributed by atoms with Gasteiger partial charge in [-0.3, -0.25) is 0 Å². The minimum absolute atomic E-state index is 0.586. The van der Waals surface area contributed by atoms with Gasteiger partial charge in [0.1, 0.15) is 0 Å². The fraction of sp³-hybridized carbons (Fsp3) is 0.500. The van der Waals surface area contributed by atoms with Crippen LogP contribution in [0.2, 0.25) is 5.02 Å². The molecule has 0 radical (unpaired) electrons. The van der Waals surface area contributed by atoms with Crippen LogP contribution in [0.15, 0.2) is 12.1 Å². The topological polar surface area (TPSA) is 0 Å². The summed E-state index contributed by atoms with van der Waals surface area (Å²) in [6.07, 6.45) is 1.02. The van der Waals surface area contributed by atoms with Gasteiger partial charge in [-0.1, -0.05) is 38.4 Å². The molecule has 0 saturated heterocycles. The number of hydrogen-bond donors (Lipinski definition) is 0. The highest BCUT2D eigenvalue weighted by Crippen LogP contribution is 2.27. The van der Waals surface area contributed by atoms with Gasteiger partial charge >= 0.3 is 0 Å². The summed E-state index contributed by atoms with van der Waals surface area (Å²) in [5, 5.41) is 0.907. The second-order valence-electron chi connectivity index (χ2n) is 3.75. The summed E-state index contributed by atoms with van der Waals surface area (Å²) in [6, 6.07) is 4.16. The largest absolute Gasteiger partial charge is 0.0840 e. The van der Waals surface area contributed by atoms with E-state index in [-0.39, 0.29) is 0 Å². The van der Waals surface area contributed by atoms with Gasteiger partial charge in [0.05, 0.1) is 0 Å². The van der Waals surface area contributed by atoms with Gasteiger partial charge in [0, 0.05) is 5.02 Å². The van der Waals surface area contributed by atoms with Crippen molar-refractivity contribution in [2.75, 3.05) is 0 Å². The lowest BCUT2D eigenvalue weighted by Crippen LogP contribution is -1.97. The van der Waals surface area contributed by atoms with Crippen molar-refractivity contribution in [3.05, 3.63) is 33.8 Å². The van der Waals surface area contributed by atoms with Crippen LogP contribution in [0.3, 0.4) is 0 Å². The van der Waals surface area contributed by atoms with Crippen LogP contribution in [0, 0.1) is 6.92 Å². The zero-order valence-electron chi connectivity index (χ0n) is 8.82. The fourth-order valence-corrected chi connectivity index (χ4v) is 2.14. The third kappa shape index (κ3) is 2.05. The number of rotatable bonds is 2. The summed E-state index contributed by atoms with van der Waals surface area (Å²) >= 11 is 6.11. The van der Waals surface area contributed by atoms with Crippen LogP contribution in [0.1, 0.15) is 43.4 Å². The van der Waals surface area contributed by atoms with Crippen molar-refractivity contribution in [2.24, 2.45) is 0 Å². The Morgan fingerprint density at radius 2 is 1.92 bits per heavy atom. The number of halogens is 1. The van der Waals surface area contributed by atoms with Crippen molar-refractivity contribution in [1.82, 2.24) is 0 Å². The second kappa shape index (κ2) is 4.15. The first kappa shape index (κ1) is 10.6. The van der Waals surface area contributed by atoms with Gasteiger partial charge in [0.25, 0.3) is 0 Å². The molecule has 0 nitrogen and oxygen atoms in total. The van der Waals surface area contributed by atoms with Crippen LogP contribution >= 0.6 is 11.6 Å². The minimum Gasteiger partial charge on any atom is -0.0840 e. The highest BCUT2D eigenvalue weighted by atomic mass is 35.5. The molecule has 0 amide bonds. The highest BCUT2D eigenvalue weighted by Gasteiger charge is 2.08. The molecule has 0 spiro atoms. The third-order valence-electron chi connectivity index (χ3n) is 2.56. The van der Waals surface area contributed by atoms with Crippen LogP contribution in [-0.4, -0.2) is 0 Å². The number of benzene rings is 1. The van der Waals surface area contributed by atoms with Crippen LogP contribution in [0.5, 0.6) is 0 Å². The standard InChI is InChI=1S/C12H17Cl/c1-5-10-9(4)11(8(2)3)6-7-12(10)13/h6-8H,5H2,1-4H3. The molecule has 0 N–H and O–H groups in total. The Kier molecular flexibility index (Phi) is 3.38. The Balaban J connectivity index is 3.27. The zero-order valence-corrected chi connectivity index (χ0v) is 9.57. The molecule has 0 bridgehead atoms. The van der Waals surface area contributed by atoms with Crippen molar-refractivity contribution < 1.29 is 0 Å². The molecule has 0 aliphatic rings. The van der Waals surface area contributed by atoms with E-state index in [9.17, 15) is 0 Å². The molecule has 1 rings (SSSR count). The van der Waals surface area contributed by atoms with E-state index in [1.165, 1.54) is 16.7 Å². The average molecular weight is 197 g/mol. The Hall–Kier alpha value is -0.490. The lowest BCUT2D eigenvalue weighted by atomic mass is 9.93. The molecular weight excluding hydrogens is 180 g/mol. The van der Waals surface area contributed by atoms with E-state index in [1.54, 1.807) is 0 Å². The Labute approximate surface area is 85.9 Å². The van der Waals surface area contributed by atoms with E-state index >= 15 is 0 Å². The van der Waals surface area contributed by atoms with E-state index in [2.05, 4.69) is 33.8 Å². The van der Waals surface area contributed by atoms with Gasteiger partial charge in [0.2, 0.25) is 0 Å². The number of hydrogen-bond acceptors (Lipinski definition) is 0. The van der Waals surface area contributed by atoms with Crippen LogP contribution in [0.4, 0.5) is 0 Å². The van der Waals surface area contributed by atoms with E-state index in [0.29, 0.717) is 5.92 Å². The summed E-state index contributed by atoms with van der Waals surface area (Å²) in [7, 11) is 0. The molecule has 13 heavy (non-hydrogen) atoms. The molecule has 0 atom stereocenters. The summed E-state index contributed by atoms with van der Waals surface area (Å²) < 4.78 is 0. The van der Waals surface area contributed by atoms with Gasteiger partial charge in [0.15, 0.2) is 0 Å². The lowest BCUT2D eigenvalue weighted by Gasteiger charge is -2.14. The Morgan fingerprint density at radius 1 is 1.31 bits per heavy atom. The molecule has 0 aliphatic carbocycles. The molecule has 0 saturated carbocycles. The normalized spacial score (nSPS) is 10.9. The average Bonchev–Trinajstić information content (AvgIpc) is 2.04.